The summed E-state index contributed by atoms with van der Waals surface area (Å²) in [6, 6.07) is 13.3. The fourth-order valence-corrected chi connectivity index (χ4v) is 3.84. The summed E-state index contributed by atoms with van der Waals surface area (Å²) >= 11 is 6.92. The van der Waals surface area contributed by atoms with Gasteiger partial charge < -0.3 is 10.3 Å². The Kier molecular flexibility index (Phi) is 6.13. The Balaban J connectivity index is 1.66. The summed E-state index contributed by atoms with van der Waals surface area (Å²) in [6.45, 7) is 4.99. The number of aromatic amines is 1. The van der Waals surface area contributed by atoms with Crippen LogP contribution in [0.3, 0.4) is 0 Å². The van der Waals surface area contributed by atoms with Crippen molar-refractivity contribution in [2.75, 3.05) is 12.3 Å². The third-order valence-electron chi connectivity index (χ3n) is 4.24. The number of nitrogens with zero attached hydrogens (tertiary/aromatic N) is 1. The van der Waals surface area contributed by atoms with E-state index < -0.39 is 0 Å². The van der Waals surface area contributed by atoms with Gasteiger partial charge in [0, 0.05) is 29.3 Å². The number of thioether (sulfide) groups is 1. The van der Waals surface area contributed by atoms with Crippen molar-refractivity contribution in [3.05, 3.63) is 68.7 Å². The highest BCUT2D eigenvalue weighted by Crippen LogP contribution is 2.17. The molecule has 3 aromatic rings. The molecule has 0 bridgehead atoms. The molecule has 0 atom stereocenters. The molecular weight excluding hydrogens is 378 g/mol. The minimum Gasteiger partial charge on any atom is -0.351 e. The van der Waals surface area contributed by atoms with Crippen LogP contribution < -0.4 is 10.9 Å². The van der Waals surface area contributed by atoms with Gasteiger partial charge in [-0.05, 0) is 56.4 Å². The number of rotatable bonds is 6. The Labute approximate surface area is 166 Å². The molecule has 0 aliphatic heterocycles. The second-order valence-electron chi connectivity index (χ2n) is 6.16. The van der Waals surface area contributed by atoms with Crippen LogP contribution in [-0.4, -0.2) is 27.8 Å². The van der Waals surface area contributed by atoms with Gasteiger partial charge >= 0.3 is 0 Å². The van der Waals surface area contributed by atoms with Crippen molar-refractivity contribution in [2.24, 2.45) is 0 Å². The average Bonchev–Trinajstić information content (AvgIpc) is 2.66. The normalized spacial score (nSPS) is 10.9. The zero-order valence-electron chi connectivity index (χ0n) is 15.2. The molecule has 0 aliphatic carbocycles. The Bertz CT molecular complexity index is 1090. The van der Waals surface area contributed by atoms with Crippen molar-refractivity contribution in [1.29, 1.82) is 0 Å². The maximum Gasteiger partial charge on any atom is 0.262 e. The van der Waals surface area contributed by atoms with Crippen LogP contribution >= 0.6 is 24.0 Å². The number of fused-ring (bicyclic) bond motifs is 1. The summed E-state index contributed by atoms with van der Waals surface area (Å²) in [5.41, 5.74) is 2.17. The number of benzene rings is 2. The van der Waals surface area contributed by atoms with Gasteiger partial charge in [0.25, 0.3) is 11.5 Å². The SMILES string of the molecule is CCn1c(=S)[nH]c2cc(C(=O)NCCSc3ccc(C)cc3)ccc2c1=O. The van der Waals surface area contributed by atoms with E-state index >= 15 is 0 Å². The Morgan fingerprint density at radius 2 is 1.96 bits per heavy atom. The molecule has 0 spiro atoms. The van der Waals surface area contributed by atoms with Gasteiger partial charge in [-0.25, -0.2) is 0 Å². The molecule has 7 heteroatoms. The van der Waals surface area contributed by atoms with E-state index in [9.17, 15) is 9.59 Å². The van der Waals surface area contributed by atoms with Crippen molar-refractivity contribution >= 4 is 40.8 Å². The summed E-state index contributed by atoms with van der Waals surface area (Å²) < 4.78 is 1.86. The van der Waals surface area contributed by atoms with E-state index in [4.69, 9.17) is 12.2 Å². The quantitative estimate of drug-likeness (QED) is 0.375. The molecule has 0 fully saturated rings. The van der Waals surface area contributed by atoms with Gasteiger partial charge in [-0.15, -0.1) is 11.8 Å². The van der Waals surface area contributed by atoms with Gasteiger partial charge in [-0.2, -0.15) is 0 Å². The van der Waals surface area contributed by atoms with Crippen LogP contribution in [0.4, 0.5) is 0 Å². The molecule has 2 N–H and O–H groups in total. The smallest absolute Gasteiger partial charge is 0.262 e. The first-order valence-electron chi connectivity index (χ1n) is 8.74. The molecule has 5 nitrogen and oxygen atoms in total. The first-order valence-corrected chi connectivity index (χ1v) is 10.1. The number of aryl methyl sites for hydroxylation is 1. The lowest BCUT2D eigenvalue weighted by atomic mass is 10.1. The van der Waals surface area contributed by atoms with Gasteiger partial charge in [-0.1, -0.05) is 17.7 Å². The van der Waals surface area contributed by atoms with Gasteiger partial charge in [0.2, 0.25) is 0 Å². The van der Waals surface area contributed by atoms with Crippen LogP contribution in [0.2, 0.25) is 0 Å². The van der Waals surface area contributed by atoms with E-state index in [1.807, 2.05) is 6.92 Å². The molecule has 27 heavy (non-hydrogen) atoms. The number of carbonyl (C=O) groups excluding carboxylic acids is 1. The minimum atomic E-state index is -0.166. The number of hydrogen-bond donors (Lipinski definition) is 2. The van der Waals surface area contributed by atoms with E-state index in [0.717, 1.165) is 5.75 Å². The maximum atomic E-state index is 12.4. The summed E-state index contributed by atoms with van der Waals surface area (Å²) in [5.74, 6) is 0.617. The molecule has 1 heterocycles. The fourth-order valence-electron chi connectivity index (χ4n) is 2.75. The largest absolute Gasteiger partial charge is 0.351 e. The number of hydrogen-bond acceptors (Lipinski definition) is 4. The lowest BCUT2D eigenvalue weighted by Crippen LogP contribution is -2.26. The highest BCUT2D eigenvalue weighted by atomic mass is 32.2. The van der Waals surface area contributed by atoms with Crippen LogP contribution in [0.1, 0.15) is 22.8 Å². The lowest BCUT2D eigenvalue weighted by Gasteiger charge is -2.08. The third-order valence-corrected chi connectivity index (χ3v) is 5.57. The number of nitrogens with one attached hydrogen (secondary N) is 2. The number of carbonyl (C=O) groups is 1. The predicted molar refractivity (Wildman–Crippen MR) is 113 cm³/mol. The van der Waals surface area contributed by atoms with E-state index in [1.54, 1.807) is 30.0 Å². The highest BCUT2D eigenvalue weighted by molar-refractivity contribution is 7.99. The molecule has 0 unspecified atom stereocenters. The van der Waals surface area contributed by atoms with Crippen LogP contribution in [-0.2, 0) is 6.54 Å². The van der Waals surface area contributed by atoms with E-state index in [1.165, 1.54) is 15.0 Å². The number of aromatic nitrogens is 2. The summed E-state index contributed by atoms with van der Waals surface area (Å²) in [4.78, 5) is 29.0. The standard InChI is InChI=1S/C20H21N3O2S2/c1-3-23-19(25)16-9-6-14(12-17(16)22-20(23)26)18(24)21-10-11-27-15-7-4-13(2)5-8-15/h4-9,12H,3,10-11H2,1-2H3,(H,21,24)(H,22,26). The average molecular weight is 400 g/mol. The fraction of sp³-hybridized carbons (Fsp3) is 0.250. The predicted octanol–water partition coefficient (Wildman–Crippen LogP) is 3.91. The summed E-state index contributed by atoms with van der Waals surface area (Å²) in [5, 5.41) is 3.44. The highest BCUT2D eigenvalue weighted by Gasteiger charge is 2.09. The van der Waals surface area contributed by atoms with Crippen molar-refractivity contribution in [1.82, 2.24) is 14.9 Å². The molecule has 1 aromatic heterocycles. The van der Waals surface area contributed by atoms with Gasteiger partial charge in [0.1, 0.15) is 0 Å². The number of H-pyrrole nitrogens is 1. The van der Waals surface area contributed by atoms with Crippen LogP contribution in [0.15, 0.2) is 52.2 Å². The second kappa shape index (κ2) is 8.54. The Hall–Kier alpha value is -2.38. The van der Waals surface area contributed by atoms with E-state index in [2.05, 4.69) is 41.5 Å². The first-order chi connectivity index (χ1) is 13.0. The molecule has 1 amide bonds. The van der Waals surface area contributed by atoms with Crippen LogP contribution in [0.25, 0.3) is 10.9 Å². The molecular formula is C20H21N3O2S2. The van der Waals surface area contributed by atoms with Crippen LogP contribution in [0, 0.1) is 11.7 Å². The molecule has 0 aliphatic rings. The number of amides is 1. The van der Waals surface area contributed by atoms with E-state index in [0.29, 0.717) is 34.3 Å². The molecule has 0 radical (unpaired) electrons. The minimum absolute atomic E-state index is 0.141. The molecule has 2 aromatic carbocycles. The zero-order chi connectivity index (χ0) is 19.4. The Morgan fingerprint density at radius 1 is 1.22 bits per heavy atom. The van der Waals surface area contributed by atoms with Crippen molar-refractivity contribution in [3.63, 3.8) is 0 Å². The van der Waals surface area contributed by atoms with Crippen molar-refractivity contribution in [3.8, 4) is 0 Å². The summed E-state index contributed by atoms with van der Waals surface area (Å²) in [6.07, 6.45) is 0. The topological polar surface area (TPSA) is 66.9 Å². The van der Waals surface area contributed by atoms with E-state index in [-0.39, 0.29) is 11.5 Å². The zero-order valence-corrected chi connectivity index (χ0v) is 16.9. The first kappa shape index (κ1) is 19.4. The molecule has 140 valence electrons. The molecule has 0 saturated heterocycles. The van der Waals surface area contributed by atoms with Gasteiger partial charge in [0.15, 0.2) is 4.77 Å². The third kappa shape index (κ3) is 4.48. The molecule has 3 rings (SSSR count). The van der Waals surface area contributed by atoms with Crippen molar-refractivity contribution < 1.29 is 4.79 Å². The van der Waals surface area contributed by atoms with Crippen LogP contribution in [0.5, 0.6) is 0 Å². The van der Waals surface area contributed by atoms with Gasteiger partial charge in [-0.3, -0.25) is 14.2 Å². The monoisotopic (exact) mass is 399 g/mol. The maximum absolute atomic E-state index is 12.4. The van der Waals surface area contributed by atoms with Crippen molar-refractivity contribution in [2.45, 2.75) is 25.3 Å². The second-order valence-corrected chi connectivity index (χ2v) is 7.71. The lowest BCUT2D eigenvalue weighted by molar-refractivity contribution is 0.0956. The van der Waals surface area contributed by atoms with Gasteiger partial charge in [0.05, 0.1) is 10.9 Å². The Morgan fingerprint density at radius 3 is 2.67 bits per heavy atom. The summed E-state index contributed by atoms with van der Waals surface area (Å²) in [7, 11) is 0. The molecule has 0 saturated carbocycles.